The van der Waals surface area contributed by atoms with E-state index in [0.717, 1.165) is 25.4 Å². The Morgan fingerprint density at radius 1 is 1.18 bits per heavy atom. The van der Waals surface area contributed by atoms with Gasteiger partial charge in [0.2, 0.25) is 0 Å². The molecule has 0 bridgehead atoms. The van der Waals surface area contributed by atoms with Crippen molar-refractivity contribution < 1.29 is 4.42 Å². The lowest BCUT2D eigenvalue weighted by atomic mass is 10.0. The maximum absolute atomic E-state index is 5.34. The zero-order valence-electron chi connectivity index (χ0n) is 11.5. The summed E-state index contributed by atoms with van der Waals surface area (Å²) in [7, 11) is 0. The Bertz CT molecular complexity index is 357. The Morgan fingerprint density at radius 2 is 1.82 bits per heavy atom. The van der Waals surface area contributed by atoms with Crippen LogP contribution in [0.25, 0.3) is 0 Å². The number of piperazine rings is 1. The van der Waals surface area contributed by atoms with Crippen LogP contribution in [0.15, 0.2) is 16.7 Å². The van der Waals surface area contributed by atoms with Gasteiger partial charge in [0.05, 0.1) is 6.26 Å². The first kappa shape index (κ1) is 12.7. The van der Waals surface area contributed by atoms with E-state index in [1.165, 1.54) is 18.7 Å². The second-order valence-electron chi connectivity index (χ2n) is 5.94. The molecule has 0 unspecified atom stereocenters. The number of furan rings is 1. The molecule has 3 heteroatoms. The van der Waals surface area contributed by atoms with E-state index in [2.05, 4.69) is 36.6 Å². The number of hydrogen-bond donors (Lipinski definition) is 0. The van der Waals surface area contributed by atoms with E-state index in [9.17, 15) is 0 Å². The standard InChI is InChI=1S/C14H24N2O/c1-12-13(5-10-17-12)11-15-6-8-16(9-7-15)14(2,3)4/h5,10H,6-9,11H2,1-4H3. The van der Waals surface area contributed by atoms with Gasteiger partial charge in [-0.1, -0.05) is 0 Å². The van der Waals surface area contributed by atoms with Crippen LogP contribution in [-0.2, 0) is 6.54 Å². The first-order valence-corrected chi connectivity index (χ1v) is 6.47. The molecule has 1 saturated heterocycles. The molecule has 0 N–H and O–H groups in total. The third-order valence-corrected chi connectivity index (χ3v) is 3.68. The molecule has 0 radical (unpaired) electrons. The van der Waals surface area contributed by atoms with E-state index in [4.69, 9.17) is 4.42 Å². The Morgan fingerprint density at radius 3 is 2.29 bits per heavy atom. The summed E-state index contributed by atoms with van der Waals surface area (Å²) in [6, 6.07) is 2.09. The first-order valence-electron chi connectivity index (χ1n) is 6.47. The van der Waals surface area contributed by atoms with Crippen molar-refractivity contribution >= 4 is 0 Å². The molecule has 0 spiro atoms. The summed E-state index contributed by atoms with van der Waals surface area (Å²) in [6.45, 7) is 14.6. The average Bonchev–Trinajstić information content (AvgIpc) is 2.64. The van der Waals surface area contributed by atoms with Crippen LogP contribution in [0, 0.1) is 6.92 Å². The second-order valence-corrected chi connectivity index (χ2v) is 5.94. The van der Waals surface area contributed by atoms with Crippen LogP contribution in [0.5, 0.6) is 0 Å². The number of aryl methyl sites for hydroxylation is 1. The molecule has 1 aliphatic heterocycles. The number of rotatable bonds is 2. The summed E-state index contributed by atoms with van der Waals surface area (Å²) in [5.41, 5.74) is 1.63. The predicted molar refractivity (Wildman–Crippen MR) is 70.0 cm³/mol. The van der Waals surface area contributed by atoms with Gasteiger partial charge in [-0.05, 0) is 33.8 Å². The molecule has 17 heavy (non-hydrogen) atoms. The highest BCUT2D eigenvalue weighted by Gasteiger charge is 2.25. The molecule has 0 atom stereocenters. The molecule has 1 fully saturated rings. The Balaban J connectivity index is 1.86. The topological polar surface area (TPSA) is 19.6 Å². The van der Waals surface area contributed by atoms with Crippen molar-refractivity contribution in [1.82, 2.24) is 9.80 Å². The summed E-state index contributed by atoms with van der Waals surface area (Å²) in [6.07, 6.45) is 1.79. The third kappa shape index (κ3) is 3.11. The van der Waals surface area contributed by atoms with E-state index < -0.39 is 0 Å². The Labute approximate surface area is 104 Å². The van der Waals surface area contributed by atoms with Crippen molar-refractivity contribution in [2.75, 3.05) is 26.2 Å². The van der Waals surface area contributed by atoms with Crippen LogP contribution in [0.2, 0.25) is 0 Å². The highest BCUT2D eigenvalue weighted by atomic mass is 16.3. The van der Waals surface area contributed by atoms with Crippen LogP contribution in [0.1, 0.15) is 32.1 Å². The maximum Gasteiger partial charge on any atom is 0.105 e. The van der Waals surface area contributed by atoms with E-state index in [1.807, 2.05) is 6.92 Å². The van der Waals surface area contributed by atoms with Gasteiger partial charge in [0, 0.05) is 43.8 Å². The summed E-state index contributed by atoms with van der Waals surface area (Å²) in [5, 5.41) is 0. The van der Waals surface area contributed by atoms with Crippen molar-refractivity contribution in [3.8, 4) is 0 Å². The quantitative estimate of drug-likeness (QED) is 0.786. The van der Waals surface area contributed by atoms with Crippen molar-refractivity contribution in [2.24, 2.45) is 0 Å². The molecule has 2 heterocycles. The van der Waals surface area contributed by atoms with E-state index in [0.29, 0.717) is 5.54 Å². The SMILES string of the molecule is Cc1occc1CN1CCN(C(C)(C)C)CC1. The van der Waals surface area contributed by atoms with E-state index in [1.54, 1.807) is 6.26 Å². The molecule has 2 rings (SSSR count). The molecular formula is C14H24N2O. The predicted octanol–water partition coefficient (Wildman–Crippen LogP) is 2.50. The Hall–Kier alpha value is -0.800. The molecular weight excluding hydrogens is 212 g/mol. The summed E-state index contributed by atoms with van der Waals surface area (Å²) in [5.74, 6) is 1.06. The van der Waals surface area contributed by atoms with Gasteiger partial charge >= 0.3 is 0 Å². The van der Waals surface area contributed by atoms with E-state index >= 15 is 0 Å². The molecule has 0 aliphatic carbocycles. The molecule has 3 nitrogen and oxygen atoms in total. The molecule has 0 aromatic carbocycles. The van der Waals surface area contributed by atoms with Crippen LogP contribution in [-0.4, -0.2) is 41.5 Å². The largest absolute Gasteiger partial charge is 0.469 e. The van der Waals surface area contributed by atoms with Crippen LogP contribution < -0.4 is 0 Å². The molecule has 0 saturated carbocycles. The lowest BCUT2D eigenvalue weighted by Crippen LogP contribution is -2.53. The fourth-order valence-electron chi connectivity index (χ4n) is 2.39. The monoisotopic (exact) mass is 236 g/mol. The second kappa shape index (κ2) is 4.83. The molecule has 0 amide bonds. The van der Waals surface area contributed by atoms with Crippen molar-refractivity contribution in [3.63, 3.8) is 0 Å². The first-order chi connectivity index (χ1) is 7.97. The molecule has 1 aromatic heterocycles. The fourth-order valence-corrected chi connectivity index (χ4v) is 2.39. The fraction of sp³-hybridized carbons (Fsp3) is 0.714. The lowest BCUT2D eigenvalue weighted by Gasteiger charge is -2.42. The molecule has 1 aromatic rings. The number of hydrogen-bond acceptors (Lipinski definition) is 3. The van der Waals surface area contributed by atoms with Gasteiger partial charge in [0.1, 0.15) is 5.76 Å². The zero-order valence-corrected chi connectivity index (χ0v) is 11.5. The lowest BCUT2D eigenvalue weighted by molar-refractivity contribution is 0.0589. The van der Waals surface area contributed by atoms with E-state index in [-0.39, 0.29) is 0 Å². The van der Waals surface area contributed by atoms with Gasteiger partial charge in [-0.15, -0.1) is 0 Å². The van der Waals surface area contributed by atoms with Crippen LogP contribution in [0.4, 0.5) is 0 Å². The minimum Gasteiger partial charge on any atom is -0.469 e. The van der Waals surface area contributed by atoms with Crippen LogP contribution >= 0.6 is 0 Å². The maximum atomic E-state index is 5.34. The smallest absolute Gasteiger partial charge is 0.105 e. The summed E-state index contributed by atoms with van der Waals surface area (Å²) < 4.78 is 5.34. The normalized spacial score (nSPS) is 19.8. The van der Waals surface area contributed by atoms with Gasteiger partial charge in [-0.3, -0.25) is 9.80 Å². The van der Waals surface area contributed by atoms with Gasteiger partial charge < -0.3 is 4.42 Å². The molecule has 1 aliphatic rings. The van der Waals surface area contributed by atoms with Crippen molar-refractivity contribution in [1.29, 1.82) is 0 Å². The van der Waals surface area contributed by atoms with Gasteiger partial charge in [0.25, 0.3) is 0 Å². The number of nitrogens with zero attached hydrogens (tertiary/aromatic N) is 2. The van der Waals surface area contributed by atoms with Gasteiger partial charge in [-0.2, -0.15) is 0 Å². The van der Waals surface area contributed by atoms with Gasteiger partial charge in [0.15, 0.2) is 0 Å². The zero-order chi connectivity index (χ0) is 12.5. The highest BCUT2D eigenvalue weighted by Crippen LogP contribution is 2.18. The third-order valence-electron chi connectivity index (χ3n) is 3.68. The highest BCUT2D eigenvalue weighted by molar-refractivity contribution is 5.15. The molecule has 96 valence electrons. The van der Waals surface area contributed by atoms with Crippen molar-refractivity contribution in [2.45, 2.75) is 39.8 Å². The van der Waals surface area contributed by atoms with Crippen LogP contribution in [0.3, 0.4) is 0 Å². The van der Waals surface area contributed by atoms with Crippen molar-refractivity contribution in [3.05, 3.63) is 23.7 Å². The average molecular weight is 236 g/mol. The summed E-state index contributed by atoms with van der Waals surface area (Å²) >= 11 is 0. The summed E-state index contributed by atoms with van der Waals surface area (Å²) in [4.78, 5) is 5.08. The van der Waals surface area contributed by atoms with Gasteiger partial charge in [-0.25, -0.2) is 0 Å². The Kier molecular flexibility index (Phi) is 3.59. The minimum atomic E-state index is 0.303. The minimum absolute atomic E-state index is 0.303.